The molecule has 0 fully saturated rings. The van der Waals surface area contributed by atoms with E-state index in [0.29, 0.717) is 25.8 Å². The van der Waals surface area contributed by atoms with Gasteiger partial charge in [-0.15, -0.1) is 0 Å². The van der Waals surface area contributed by atoms with Gasteiger partial charge in [0.25, 0.3) is 5.91 Å². The number of anilines is 1. The molecule has 1 heterocycles. The Kier molecular flexibility index (Phi) is 4.28. The number of nitrogens with zero attached hydrogens (tertiary/aromatic N) is 1. The summed E-state index contributed by atoms with van der Waals surface area (Å²) in [5.41, 5.74) is 2.02. The molecule has 3 rings (SSSR count). The monoisotopic (exact) mass is 370 g/mol. The molecule has 3 nitrogen and oxygen atoms in total. The van der Waals surface area contributed by atoms with E-state index in [2.05, 4.69) is 10.3 Å². The summed E-state index contributed by atoms with van der Waals surface area (Å²) in [7, 11) is 0. The van der Waals surface area contributed by atoms with Crippen molar-refractivity contribution in [3.05, 3.63) is 56.5 Å². The van der Waals surface area contributed by atoms with E-state index in [9.17, 15) is 4.79 Å². The van der Waals surface area contributed by atoms with Gasteiger partial charge in [-0.2, -0.15) is 0 Å². The average molecular weight is 372 g/mol. The molecule has 0 spiro atoms. The first-order chi connectivity index (χ1) is 10.4. The molecule has 0 radical (unpaired) electrons. The van der Waals surface area contributed by atoms with Crippen LogP contribution >= 0.6 is 46.1 Å². The number of halogens is 3. The second-order valence-electron chi connectivity index (χ2n) is 4.67. The third-order valence-electron chi connectivity index (χ3n) is 3.06. The Bertz CT molecular complexity index is 853. The molecule has 0 aliphatic rings. The number of carbonyl (C=O) groups excluding carboxylic acids is 1. The van der Waals surface area contributed by atoms with E-state index < -0.39 is 0 Å². The van der Waals surface area contributed by atoms with Gasteiger partial charge in [0.05, 0.1) is 20.8 Å². The molecule has 1 aromatic heterocycles. The van der Waals surface area contributed by atoms with Crippen LogP contribution in [0.15, 0.2) is 30.3 Å². The average Bonchev–Trinajstić information content (AvgIpc) is 2.83. The molecule has 0 unspecified atom stereocenters. The van der Waals surface area contributed by atoms with Crippen LogP contribution in [0, 0.1) is 6.92 Å². The molecule has 0 bridgehead atoms. The van der Waals surface area contributed by atoms with Gasteiger partial charge in [0.2, 0.25) is 0 Å². The van der Waals surface area contributed by atoms with Gasteiger partial charge in [0, 0.05) is 10.0 Å². The van der Waals surface area contributed by atoms with Crippen LogP contribution in [0.4, 0.5) is 5.13 Å². The lowest BCUT2D eigenvalue weighted by molar-refractivity contribution is 0.102. The van der Waals surface area contributed by atoms with E-state index in [1.165, 1.54) is 17.4 Å². The molecule has 7 heteroatoms. The van der Waals surface area contributed by atoms with E-state index in [4.69, 9.17) is 34.8 Å². The molecule has 3 aromatic rings. The summed E-state index contributed by atoms with van der Waals surface area (Å²) in [4.78, 5) is 16.6. The minimum absolute atomic E-state index is 0.308. The number of aromatic nitrogens is 1. The number of aryl methyl sites for hydroxylation is 1. The SMILES string of the molecule is Cc1cc2sc(NC(=O)c3cc(Cl)ccc3Cl)nc2cc1Cl. The Morgan fingerprint density at radius 2 is 1.91 bits per heavy atom. The maximum Gasteiger partial charge on any atom is 0.259 e. The van der Waals surface area contributed by atoms with Gasteiger partial charge in [-0.1, -0.05) is 46.1 Å². The third kappa shape index (κ3) is 3.06. The predicted octanol–water partition coefficient (Wildman–Crippen LogP) is 5.82. The van der Waals surface area contributed by atoms with Crippen molar-refractivity contribution in [2.45, 2.75) is 6.92 Å². The third-order valence-corrected chi connectivity index (χ3v) is 4.97. The van der Waals surface area contributed by atoms with Crippen LogP contribution in [0.1, 0.15) is 15.9 Å². The quantitative estimate of drug-likeness (QED) is 0.617. The van der Waals surface area contributed by atoms with E-state index in [1.807, 2.05) is 13.0 Å². The fraction of sp³-hybridized carbons (Fsp3) is 0.0667. The van der Waals surface area contributed by atoms with Crippen LogP contribution in [0.3, 0.4) is 0 Å². The molecule has 1 N–H and O–H groups in total. The topological polar surface area (TPSA) is 42.0 Å². The number of fused-ring (bicyclic) bond motifs is 1. The Hall–Kier alpha value is -1.33. The zero-order chi connectivity index (χ0) is 15.9. The van der Waals surface area contributed by atoms with Crippen LogP contribution in [-0.4, -0.2) is 10.9 Å². The van der Waals surface area contributed by atoms with Crippen molar-refractivity contribution < 1.29 is 4.79 Å². The number of rotatable bonds is 2. The number of thiazole rings is 1. The first-order valence-corrected chi connectivity index (χ1v) is 8.22. The van der Waals surface area contributed by atoms with Crippen LogP contribution < -0.4 is 5.32 Å². The molecule has 1 amide bonds. The van der Waals surface area contributed by atoms with Gasteiger partial charge in [0.15, 0.2) is 5.13 Å². The lowest BCUT2D eigenvalue weighted by Gasteiger charge is -2.04. The Morgan fingerprint density at radius 1 is 1.14 bits per heavy atom. The van der Waals surface area contributed by atoms with E-state index in [1.54, 1.807) is 18.2 Å². The van der Waals surface area contributed by atoms with Crippen LogP contribution in [-0.2, 0) is 0 Å². The fourth-order valence-electron chi connectivity index (χ4n) is 1.94. The highest BCUT2D eigenvalue weighted by atomic mass is 35.5. The normalized spacial score (nSPS) is 10.9. The van der Waals surface area contributed by atoms with Crippen LogP contribution in [0.5, 0.6) is 0 Å². The Labute approximate surface area is 145 Å². The first-order valence-electron chi connectivity index (χ1n) is 6.27. The van der Waals surface area contributed by atoms with Gasteiger partial charge >= 0.3 is 0 Å². The van der Waals surface area contributed by atoms with Gasteiger partial charge in [0.1, 0.15) is 0 Å². The predicted molar refractivity (Wildman–Crippen MR) is 93.8 cm³/mol. The lowest BCUT2D eigenvalue weighted by atomic mass is 10.2. The summed E-state index contributed by atoms with van der Waals surface area (Å²) in [6.07, 6.45) is 0. The first kappa shape index (κ1) is 15.6. The maximum atomic E-state index is 12.3. The highest BCUT2D eigenvalue weighted by Crippen LogP contribution is 2.31. The number of nitrogens with one attached hydrogen (secondary N) is 1. The maximum absolute atomic E-state index is 12.3. The summed E-state index contributed by atoms with van der Waals surface area (Å²) in [6.45, 7) is 1.92. The molecular formula is C15H9Cl3N2OS. The second-order valence-corrected chi connectivity index (χ2v) is 6.95. The van der Waals surface area contributed by atoms with Crippen LogP contribution in [0.2, 0.25) is 15.1 Å². The van der Waals surface area contributed by atoms with E-state index in [-0.39, 0.29) is 5.91 Å². The Morgan fingerprint density at radius 3 is 2.68 bits per heavy atom. The van der Waals surface area contributed by atoms with Gasteiger partial charge in [-0.3, -0.25) is 10.1 Å². The van der Waals surface area contributed by atoms with E-state index in [0.717, 1.165) is 15.8 Å². The standard InChI is InChI=1S/C15H9Cl3N2OS/c1-7-4-13-12(6-11(7)18)19-15(22-13)20-14(21)9-5-8(16)2-3-10(9)17/h2-6H,1H3,(H,19,20,21). The number of amides is 1. The summed E-state index contributed by atoms with van der Waals surface area (Å²) < 4.78 is 0.953. The van der Waals surface area contributed by atoms with Crippen molar-refractivity contribution in [3.8, 4) is 0 Å². The van der Waals surface area contributed by atoms with Crippen molar-refractivity contribution in [3.63, 3.8) is 0 Å². The summed E-state index contributed by atoms with van der Waals surface area (Å²) in [5, 5.41) is 4.65. The lowest BCUT2D eigenvalue weighted by Crippen LogP contribution is -2.12. The van der Waals surface area contributed by atoms with Gasteiger partial charge in [-0.05, 0) is 42.8 Å². The van der Waals surface area contributed by atoms with Crippen molar-refractivity contribution in [2.24, 2.45) is 0 Å². The van der Waals surface area contributed by atoms with Crippen molar-refractivity contribution in [2.75, 3.05) is 5.32 Å². The van der Waals surface area contributed by atoms with Crippen LogP contribution in [0.25, 0.3) is 10.2 Å². The smallest absolute Gasteiger partial charge is 0.259 e. The molecule has 0 aliphatic carbocycles. The second kappa shape index (κ2) is 6.05. The minimum Gasteiger partial charge on any atom is -0.298 e. The fourth-order valence-corrected chi connectivity index (χ4v) is 3.41. The summed E-state index contributed by atoms with van der Waals surface area (Å²) >= 11 is 19.4. The van der Waals surface area contributed by atoms with Crippen molar-refractivity contribution in [1.82, 2.24) is 4.98 Å². The largest absolute Gasteiger partial charge is 0.298 e. The number of hydrogen-bond acceptors (Lipinski definition) is 3. The minimum atomic E-state index is -0.352. The molecule has 0 aliphatic heterocycles. The Balaban J connectivity index is 1.92. The molecule has 2 aromatic carbocycles. The summed E-state index contributed by atoms with van der Waals surface area (Å²) in [6, 6.07) is 8.46. The summed E-state index contributed by atoms with van der Waals surface area (Å²) in [5.74, 6) is -0.352. The zero-order valence-electron chi connectivity index (χ0n) is 11.3. The van der Waals surface area contributed by atoms with E-state index >= 15 is 0 Å². The van der Waals surface area contributed by atoms with Gasteiger partial charge in [-0.25, -0.2) is 4.98 Å². The van der Waals surface area contributed by atoms with Crippen molar-refractivity contribution in [1.29, 1.82) is 0 Å². The highest BCUT2D eigenvalue weighted by Gasteiger charge is 2.14. The highest BCUT2D eigenvalue weighted by molar-refractivity contribution is 7.22. The van der Waals surface area contributed by atoms with Crippen molar-refractivity contribution >= 4 is 67.4 Å². The number of hydrogen-bond donors (Lipinski definition) is 1. The molecule has 0 atom stereocenters. The molecule has 22 heavy (non-hydrogen) atoms. The molecule has 112 valence electrons. The molecule has 0 saturated carbocycles. The number of carbonyl (C=O) groups is 1. The number of benzene rings is 2. The molecular weight excluding hydrogens is 363 g/mol. The molecule has 0 saturated heterocycles. The van der Waals surface area contributed by atoms with Gasteiger partial charge < -0.3 is 0 Å². The zero-order valence-corrected chi connectivity index (χ0v) is 14.4.